The Balaban J connectivity index is 1.70. The smallest absolute Gasteiger partial charge is 0.133 e. The van der Waals surface area contributed by atoms with Gasteiger partial charge in [0.2, 0.25) is 0 Å². The van der Waals surface area contributed by atoms with Gasteiger partial charge in [-0.05, 0) is 85.0 Å². The quantitative estimate of drug-likeness (QED) is 0.733. The number of nitrogens with one attached hydrogen (secondary N) is 2. The number of benzene rings is 2. The maximum Gasteiger partial charge on any atom is 0.133 e. The Morgan fingerprint density at radius 3 is 2.69 bits per heavy atom. The van der Waals surface area contributed by atoms with E-state index in [-0.39, 0.29) is 5.82 Å². The largest absolute Gasteiger partial charge is 0.355 e. The van der Waals surface area contributed by atoms with Crippen molar-refractivity contribution in [1.29, 1.82) is 5.41 Å². The molecule has 2 N–H and O–H groups in total. The molecule has 4 heteroatoms. The second-order valence-electron chi connectivity index (χ2n) is 7.45. The Morgan fingerprint density at radius 2 is 1.92 bits per heavy atom. The summed E-state index contributed by atoms with van der Waals surface area (Å²) >= 11 is 0. The highest BCUT2D eigenvalue weighted by Gasteiger charge is 2.33. The van der Waals surface area contributed by atoms with Crippen LogP contribution in [-0.2, 0) is 11.2 Å². The van der Waals surface area contributed by atoms with E-state index in [0.29, 0.717) is 30.5 Å². The van der Waals surface area contributed by atoms with Crippen LogP contribution in [0.2, 0.25) is 0 Å². The Bertz CT molecular complexity index is 844. The number of aryl methyl sites for hydroxylation is 1. The molecule has 3 nitrogen and oxygen atoms in total. The number of ketones is 1. The number of rotatable bonds is 3. The fourth-order valence-corrected chi connectivity index (χ4v) is 4.51. The molecule has 4 rings (SSSR count). The highest BCUT2D eigenvalue weighted by Crippen LogP contribution is 2.44. The van der Waals surface area contributed by atoms with Crippen molar-refractivity contribution in [3.05, 3.63) is 58.9 Å². The minimum absolute atomic E-state index is 0.261. The number of Topliss-reactive ketones (excluding diaryl/α,β-unsaturated/α-hetero) is 1. The standard InChI is InChI=1S/C22H23FN2O/c23-17-4-6-18(7-5-17)25-22-12-15-3-1-2-14-10-19(26)8-9-20(14)21(15)11-16(22)13-24/h4-7,11-14,20,24-25H,1-3,8-10H2. The number of hydrogen-bond acceptors (Lipinski definition) is 3. The first kappa shape index (κ1) is 17.0. The fraction of sp³-hybridized carbons (Fsp3) is 0.364. The van der Waals surface area contributed by atoms with E-state index in [4.69, 9.17) is 5.41 Å². The third kappa shape index (κ3) is 3.28. The Hall–Kier alpha value is -2.49. The third-order valence-corrected chi connectivity index (χ3v) is 5.80. The van der Waals surface area contributed by atoms with Gasteiger partial charge in [-0.3, -0.25) is 4.79 Å². The lowest BCUT2D eigenvalue weighted by Crippen LogP contribution is -2.23. The summed E-state index contributed by atoms with van der Waals surface area (Å²) in [6, 6.07) is 10.6. The summed E-state index contributed by atoms with van der Waals surface area (Å²) in [7, 11) is 0. The average Bonchev–Trinajstić information content (AvgIpc) is 2.81. The molecule has 2 aromatic rings. The molecule has 1 saturated carbocycles. The second-order valence-corrected chi connectivity index (χ2v) is 7.45. The number of fused-ring (bicyclic) bond motifs is 3. The summed E-state index contributed by atoms with van der Waals surface area (Å²) in [4.78, 5) is 11.9. The number of anilines is 2. The van der Waals surface area contributed by atoms with Gasteiger partial charge in [-0.2, -0.15) is 0 Å². The van der Waals surface area contributed by atoms with Crippen molar-refractivity contribution in [1.82, 2.24) is 0 Å². The van der Waals surface area contributed by atoms with E-state index < -0.39 is 0 Å². The van der Waals surface area contributed by atoms with Crippen LogP contribution >= 0.6 is 0 Å². The van der Waals surface area contributed by atoms with Crippen LogP contribution < -0.4 is 5.32 Å². The lowest BCUT2D eigenvalue weighted by Gasteiger charge is -2.31. The molecule has 0 saturated heterocycles. The van der Waals surface area contributed by atoms with Gasteiger partial charge in [0.25, 0.3) is 0 Å². The highest BCUT2D eigenvalue weighted by molar-refractivity contribution is 5.88. The fourth-order valence-electron chi connectivity index (χ4n) is 4.51. The van der Waals surface area contributed by atoms with Crippen LogP contribution in [-0.4, -0.2) is 12.0 Å². The molecule has 2 aromatic carbocycles. The van der Waals surface area contributed by atoms with Crippen molar-refractivity contribution in [2.45, 2.75) is 44.4 Å². The van der Waals surface area contributed by atoms with Crippen LogP contribution in [0.3, 0.4) is 0 Å². The van der Waals surface area contributed by atoms with Crippen molar-refractivity contribution in [2.24, 2.45) is 5.92 Å². The van der Waals surface area contributed by atoms with Crippen LogP contribution in [0.25, 0.3) is 0 Å². The second kappa shape index (κ2) is 7.02. The maximum absolute atomic E-state index is 13.1. The van der Waals surface area contributed by atoms with Crippen LogP contribution in [0.5, 0.6) is 0 Å². The van der Waals surface area contributed by atoms with Gasteiger partial charge in [0.05, 0.1) is 0 Å². The Morgan fingerprint density at radius 1 is 1.12 bits per heavy atom. The molecule has 1 fully saturated rings. The van der Waals surface area contributed by atoms with E-state index in [2.05, 4.69) is 17.4 Å². The van der Waals surface area contributed by atoms with Crippen LogP contribution in [0.15, 0.2) is 36.4 Å². The number of halogens is 1. The van der Waals surface area contributed by atoms with Gasteiger partial charge < -0.3 is 10.7 Å². The third-order valence-electron chi connectivity index (χ3n) is 5.80. The van der Waals surface area contributed by atoms with E-state index in [1.54, 1.807) is 12.1 Å². The Kier molecular flexibility index (Phi) is 4.58. The first-order valence-corrected chi connectivity index (χ1v) is 9.35. The van der Waals surface area contributed by atoms with Crippen LogP contribution in [0.1, 0.15) is 54.7 Å². The molecule has 0 aliphatic heterocycles. The van der Waals surface area contributed by atoms with E-state index in [0.717, 1.165) is 42.6 Å². The van der Waals surface area contributed by atoms with E-state index >= 15 is 0 Å². The molecule has 2 aliphatic carbocycles. The summed E-state index contributed by atoms with van der Waals surface area (Å²) in [5.74, 6) is 1.02. The molecule has 0 heterocycles. The minimum atomic E-state index is -0.261. The van der Waals surface area contributed by atoms with E-state index in [1.165, 1.54) is 29.5 Å². The van der Waals surface area contributed by atoms with Crippen molar-refractivity contribution < 1.29 is 9.18 Å². The van der Waals surface area contributed by atoms with Gasteiger partial charge in [0.15, 0.2) is 0 Å². The summed E-state index contributed by atoms with van der Waals surface area (Å²) in [5.41, 5.74) is 5.18. The van der Waals surface area contributed by atoms with Crippen LogP contribution in [0.4, 0.5) is 15.8 Å². The van der Waals surface area contributed by atoms with E-state index in [9.17, 15) is 9.18 Å². The molecule has 2 unspecified atom stereocenters. The summed E-state index contributed by atoms with van der Waals surface area (Å²) < 4.78 is 13.1. The molecular formula is C22H23FN2O. The lowest BCUT2D eigenvalue weighted by atomic mass is 9.73. The van der Waals surface area contributed by atoms with Gasteiger partial charge in [0, 0.05) is 36.0 Å². The maximum atomic E-state index is 13.1. The van der Waals surface area contributed by atoms with Gasteiger partial charge in [0.1, 0.15) is 11.6 Å². The summed E-state index contributed by atoms with van der Waals surface area (Å²) in [5, 5.41) is 11.2. The molecule has 2 atom stereocenters. The number of carbonyl (C=O) groups is 1. The van der Waals surface area contributed by atoms with Gasteiger partial charge in [-0.25, -0.2) is 4.39 Å². The molecule has 0 amide bonds. The summed E-state index contributed by atoms with van der Waals surface area (Å²) in [6.07, 6.45) is 6.90. The normalized spacial score (nSPS) is 22.1. The lowest BCUT2D eigenvalue weighted by molar-refractivity contribution is -0.122. The summed E-state index contributed by atoms with van der Waals surface area (Å²) in [6.45, 7) is 0. The van der Waals surface area contributed by atoms with Gasteiger partial charge in [-0.15, -0.1) is 0 Å². The van der Waals surface area contributed by atoms with Crippen molar-refractivity contribution in [3.63, 3.8) is 0 Å². The molecule has 0 radical (unpaired) electrons. The van der Waals surface area contributed by atoms with Crippen LogP contribution in [0, 0.1) is 17.1 Å². The molecule has 2 aliphatic rings. The SMILES string of the molecule is N=Cc1cc2c(cc1Nc1ccc(F)cc1)CCCC1CC(=O)CCC21. The topological polar surface area (TPSA) is 53.0 Å². The predicted octanol–water partition coefficient (Wildman–Crippen LogP) is 5.36. The molecule has 0 spiro atoms. The molecule has 0 aromatic heterocycles. The zero-order chi connectivity index (χ0) is 18.1. The zero-order valence-electron chi connectivity index (χ0n) is 14.7. The Labute approximate surface area is 153 Å². The first-order valence-electron chi connectivity index (χ1n) is 9.35. The number of hydrogen-bond donors (Lipinski definition) is 2. The average molecular weight is 350 g/mol. The van der Waals surface area contributed by atoms with E-state index in [1.807, 2.05) is 0 Å². The molecular weight excluding hydrogens is 327 g/mol. The number of carbonyl (C=O) groups excluding carboxylic acids is 1. The zero-order valence-corrected chi connectivity index (χ0v) is 14.7. The molecule has 134 valence electrons. The predicted molar refractivity (Wildman–Crippen MR) is 102 cm³/mol. The molecule has 0 bridgehead atoms. The van der Waals surface area contributed by atoms with Crippen molar-refractivity contribution in [3.8, 4) is 0 Å². The van der Waals surface area contributed by atoms with Gasteiger partial charge in [-0.1, -0.05) is 0 Å². The molecule has 26 heavy (non-hydrogen) atoms. The highest BCUT2D eigenvalue weighted by atomic mass is 19.1. The minimum Gasteiger partial charge on any atom is -0.355 e. The monoisotopic (exact) mass is 350 g/mol. The first-order chi connectivity index (χ1) is 12.6. The van der Waals surface area contributed by atoms with Gasteiger partial charge >= 0.3 is 0 Å². The van der Waals surface area contributed by atoms with Crippen molar-refractivity contribution in [2.75, 3.05) is 5.32 Å². The van der Waals surface area contributed by atoms with Crippen molar-refractivity contribution >= 4 is 23.4 Å².